The van der Waals surface area contributed by atoms with Gasteiger partial charge in [0.1, 0.15) is 17.3 Å². The van der Waals surface area contributed by atoms with Crippen LogP contribution in [0.5, 0.6) is 5.75 Å². The van der Waals surface area contributed by atoms with E-state index < -0.39 is 0 Å². The van der Waals surface area contributed by atoms with Crippen molar-refractivity contribution in [2.75, 3.05) is 12.8 Å². The van der Waals surface area contributed by atoms with Gasteiger partial charge >= 0.3 is 0 Å². The van der Waals surface area contributed by atoms with Crippen LogP contribution in [0.25, 0.3) is 11.3 Å². The molecule has 0 unspecified atom stereocenters. The molecule has 1 aliphatic rings. The first kappa shape index (κ1) is 19.4. The number of hydrogen-bond donors (Lipinski definition) is 1. The average molecular weight is 433 g/mol. The molecule has 2 aromatic carbocycles. The standard InChI is InChI=1S/C20H15Cl2FN4O2/c1-29-16-6-11(13(21)7-14(16)22)17-12-9-27(8-10-4-2-3-5-15(10)23)19(28)18(12)26-20(24)25-17/h2-7H,8-9H2,1H3,(H2,24,25,26). The molecule has 0 spiro atoms. The largest absolute Gasteiger partial charge is 0.495 e. The first-order valence-corrected chi connectivity index (χ1v) is 9.37. The quantitative estimate of drug-likeness (QED) is 0.662. The van der Waals surface area contributed by atoms with E-state index in [4.69, 9.17) is 33.7 Å². The predicted molar refractivity (Wildman–Crippen MR) is 108 cm³/mol. The van der Waals surface area contributed by atoms with Gasteiger partial charge in [-0.1, -0.05) is 41.4 Å². The molecule has 2 N–H and O–H groups in total. The third kappa shape index (κ3) is 3.47. The fourth-order valence-corrected chi connectivity index (χ4v) is 3.84. The Kier molecular flexibility index (Phi) is 5.02. The maximum atomic E-state index is 14.1. The highest BCUT2D eigenvalue weighted by atomic mass is 35.5. The molecule has 0 aliphatic carbocycles. The van der Waals surface area contributed by atoms with Gasteiger partial charge in [-0.15, -0.1) is 0 Å². The fraction of sp³-hybridized carbons (Fsp3) is 0.150. The van der Waals surface area contributed by atoms with Gasteiger partial charge in [0.2, 0.25) is 5.95 Å². The van der Waals surface area contributed by atoms with E-state index >= 15 is 0 Å². The number of ether oxygens (including phenoxy) is 1. The van der Waals surface area contributed by atoms with Crippen LogP contribution in [-0.2, 0) is 13.1 Å². The molecule has 2 heterocycles. The van der Waals surface area contributed by atoms with E-state index in [1.54, 1.807) is 24.3 Å². The summed E-state index contributed by atoms with van der Waals surface area (Å²) in [5, 5.41) is 0.674. The molecule has 1 aromatic heterocycles. The van der Waals surface area contributed by atoms with Crippen LogP contribution in [0.15, 0.2) is 36.4 Å². The molecule has 0 saturated carbocycles. The summed E-state index contributed by atoms with van der Waals surface area (Å²) in [5.74, 6) is -0.391. The Balaban J connectivity index is 1.78. The number of rotatable bonds is 4. The lowest BCUT2D eigenvalue weighted by Crippen LogP contribution is -2.24. The van der Waals surface area contributed by atoms with Gasteiger partial charge < -0.3 is 15.4 Å². The van der Waals surface area contributed by atoms with Crippen molar-refractivity contribution in [3.05, 3.63) is 69.1 Å². The Labute approximate surface area is 176 Å². The summed E-state index contributed by atoms with van der Waals surface area (Å²) < 4.78 is 19.3. The second-order valence-electron chi connectivity index (χ2n) is 6.48. The lowest BCUT2D eigenvalue weighted by atomic mass is 10.1. The molecule has 1 aliphatic heterocycles. The number of methoxy groups -OCH3 is 1. The minimum Gasteiger partial charge on any atom is -0.495 e. The molecule has 0 saturated heterocycles. The normalized spacial score (nSPS) is 13.0. The topological polar surface area (TPSA) is 81.3 Å². The highest BCUT2D eigenvalue weighted by Crippen LogP contribution is 2.40. The number of nitrogen functional groups attached to an aromatic ring is 1. The molecule has 148 valence electrons. The molecule has 0 bridgehead atoms. The molecule has 4 rings (SSSR count). The summed E-state index contributed by atoms with van der Waals surface area (Å²) >= 11 is 12.5. The van der Waals surface area contributed by atoms with Gasteiger partial charge in [0.15, 0.2) is 0 Å². The van der Waals surface area contributed by atoms with Crippen molar-refractivity contribution in [2.24, 2.45) is 0 Å². The predicted octanol–water partition coefficient (Wildman–Crippen LogP) is 4.34. The van der Waals surface area contributed by atoms with Crippen LogP contribution in [0.3, 0.4) is 0 Å². The molecule has 3 aromatic rings. The van der Waals surface area contributed by atoms with Crippen LogP contribution >= 0.6 is 23.2 Å². The average Bonchev–Trinajstić information content (AvgIpc) is 2.99. The Morgan fingerprint density at radius 3 is 2.62 bits per heavy atom. The van der Waals surface area contributed by atoms with Crippen molar-refractivity contribution in [2.45, 2.75) is 13.1 Å². The number of nitrogens with two attached hydrogens (primary N) is 1. The number of hydrogen-bond acceptors (Lipinski definition) is 5. The molecule has 6 nitrogen and oxygen atoms in total. The first-order chi connectivity index (χ1) is 13.9. The number of benzene rings is 2. The number of amides is 1. The molecule has 0 atom stereocenters. The van der Waals surface area contributed by atoms with Crippen molar-refractivity contribution in [1.29, 1.82) is 0 Å². The van der Waals surface area contributed by atoms with E-state index in [2.05, 4.69) is 9.97 Å². The van der Waals surface area contributed by atoms with Crippen LogP contribution in [0.1, 0.15) is 21.6 Å². The SMILES string of the molecule is COc1cc(-c2nc(N)nc3c2CN(Cc2ccccc2F)C3=O)c(Cl)cc1Cl. The number of fused-ring (bicyclic) bond motifs is 1. The zero-order chi connectivity index (χ0) is 20.7. The minimum absolute atomic E-state index is 0.0650. The Hall–Kier alpha value is -2.90. The van der Waals surface area contributed by atoms with Gasteiger partial charge in [-0.25, -0.2) is 14.4 Å². The van der Waals surface area contributed by atoms with Gasteiger partial charge in [0, 0.05) is 23.2 Å². The summed E-state index contributed by atoms with van der Waals surface area (Å²) in [4.78, 5) is 22.8. The van der Waals surface area contributed by atoms with Crippen LogP contribution < -0.4 is 10.5 Å². The summed E-state index contributed by atoms with van der Waals surface area (Å²) in [6, 6.07) is 9.47. The molecule has 0 radical (unpaired) electrons. The van der Waals surface area contributed by atoms with Gasteiger partial charge in [0.05, 0.1) is 29.4 Å². The smallest absolute Gasteiger partial charge is 0.273 e. The summed E-state index contributed by atoms with van der Waals surface area (Å²) in [6.07, 6.45) is 0. The summed E-state index contributed by atoms with van der Waals surface area (Å²) in [6.45, 7) is 0.290. The zero-order valence-corrected chi connectivity index (χ0v) is 16.8. The van der Waals surface area contributed by atoms with Gasteiger partial charge in [-0.2, -0.15) is 0 Å². The van der Waals surface area contributed by atoms with Crippen molar-refractivity contribution in [1.82, 2.24) is 14.9 Å². The second kappa shape index (κ2) is 7.50. The number of anilines is 1. The number of halogens is 3. The van der Waals surface area contributed by atoms with Gasteiger partial charge in [0.25, 0.3) is 5.91 Å². The van der Waals surface area contributed by atoms with Gasteiger partial charge in [-0.05, 0) is 18.2 Å². The van der Waals surface area contributed by atoms with E-state index in [1.807, 2.05) is 0 Å². The fourth-order valence-electron chi connectivity index (χ4n) is 3.29. The molecule has 0 fully saturated rings. The first-order valence-electron chi connectivity index (χ1n) is 8.61. The molecular weight excluding hydrogens is 418 g/mol. The second-order valence-corrected chi connectivity index (χ2v) is 7.29. The number of nitrogens with zero attached hydrogens (tertiary/aromatic N) is 3. The van der Waals surface area contributed by atoms with E-state index in [0.29, 0.717) is 38.2 Å². The van der Waals surface area contributed by atoms with Crippen molar-refractivity contribution in [3.63, 3.8) is 0 Å². The van der Waals surface area contributed by atoms with E-state index in [9.17, 15) is 9.18 Å². The van der Waals surface area contributed by atoms with E-state index in [0.717, 1.165) is 0 Å². The maximum absolute atomic E-state index is 14.1. The number of aromatic nitrogens is 2. The van der Waals surface area contributed by atoms with Crippen LogP contribution in [0, 0.1) is 5.82 Å². The monoisotopic (exact) mass is 432 g/mol. The zero-order valence-electron chi connectivity index (χ0n) is 15.2. The highest BCUT2D eigenvalue weighted by Gasteiger charge is 2.33. The van der Waals surface area contributed by atoms with Crippen molar-refractivity contribution >= 4 is 35.1 Å². The lowest BCUT2D eigenvalue weighted by molar-refractivity contribution is 0.0761. The Morgan fingerprint density at radius 1 is 1.17 bits per heavy atom. The minimum atomic E-state index is -0.382. The van der Waals surface area contributed by atoms with E-state index in [1.165, 1.54) is 24.1 Å². The lowest BCUT2D eigenvalue weighted by Gasteiger charge is -2.16. The Morgan fingerprint density at radius 2 is 1.90 bits per heavy atom. The number of carbonyl (C=O) groups excluding carboxylic acids is 1. The van der Waals surface area contributed by atoms with Crippen LogP contribution in [0.4, 0.5) is 10.3 Å². The molecule has 9 heteroatoms. The van der Waals surface area contributed by atoms with Crippen molar-refractivity contribution < 1.29 is 13.9 Å². The summed E-state index contributed by atoms with van der Waals surface area (Å²) in [5.41, 5.74) is 7.92. The number of carbonyl (C=O) groups is 1. The third-order valence-corrected chi connectivity index (χ3v) is 5.29. The Bertz CT molecular complexity index is 1140. The van der Waals surface area contributed by atoms with Crippen molar-refractivity contribution in [3.8, 4) is 17.0 Å². The van der Waals surface area contributed by atoms with Crippen LogP contribution in [0.2, 0.25) is 10.0 Å². The molecular formula is C20H15Cl2FN4O2. The summed E-state index contributed by atoms with van der Waals surface area (Å²) in [7, 11) is 1.48. The third-order valence-electron chi connectivity index (χ3n) is 4.68. The molecule has 1 amide bonds. The van der Waals surface area contributed by atoms with E-state index in [-0.39, 0.29) is 36.5 Å². The van der Waals surface area contributed by atoms with Gasteiger partial charge in [-0.3, -0.25) is 4.79 Å². The van der Waals surface area contributed by atoms with Crippen LogP contribution in [-0.4, -0.2) is 27.9 Å². The maximum Gasteiger partial charge on any atom is 0.273 e. The molecule has 29 heavy (non-hydrogen) atoms. The highest BCUT2D eigenvalue weighted by molar-refractivity contribution is 6.37.